The Balaban J connectivity index is 1.90. The smallest absolute Gasteiger partial charge is 0.248 e. The molecule has 104 valence electrons. The maximum absolute atomic E-state index is 12.2. The van der Waals surface area contributed by atoms with Crippen molar-refractivity contribution in [1.82, 2.24) is 9.80 Å². The molecule has 2 atom stereocenters. The lowest BCUT2D eigenvalue weighted by Gasteiger charge is -2.47. The number of carbonyl (C=O) groups is 1. The Morgan fingerprint density at radius 3 is 2.83 bits per heavy atom. The maximum atomic E-state index is 12.2. The zero-order valence-electron chi connectivity index (χ0n) is 11.9. The van der Waals surface area contributed by atoms with Crippen LogP contribution in [-0.2, 0) is 9.53 Å². The van der Waals surface area contributed by atoms with Crippen molar-refractivity contribution in [3.8, 4) is 0 Å². The molecule has 4 nitrogen and oxygen atoms in total. The fraction of sp³-hybridized carbons (Fsp3) is 0.929. The number of piperazine rings is 1. The second-order valence-electron chi connectivity index (χ2n) is 5.90. The first kappa shape index (κ1) is 13.8. The van der Waals surface area contributed by atoms with Crippen LogP contribution in [0.15, 0.2) is 0 Å². The fourth-order valence-electron chi connectivity index (χ4n) is 3.02. The summed E-state index contributed by atoms with van der Waals surface area (Å²) in [5.41, 5.74) is 0. The average molecular weight is 254 g/mol. The van der Waals surface area contributed by atoms with E-state index in [2.05, 4.69) is 11.8 Å². The molecular formula is C14H26N2O2. The predicted molar refractivity (Wildman–Crippen MR) is 71.5 cm³/mol. The van der Waals surface area contributed by atoms with Crippen molar-refractivity contribution >= 4 is 5.91 Å². The number of amides is 1. The van der Waals surface area contributed by atoms with Crippen molar-refractivity contribution in [2.24, 2.45) is 0 Å². The van der Waals surface area contributed by atoms with Gasteiger partial charge in [0.2, 0.25) is 5.91 Å². The van der Waals surface area contributed by atoms with Gasteiger partial charge in [-0.1, -0.05) is 6.42 Å². The van der Waals surface area contributed by atoms with Gasteiger partial charge in [-0.15, -0.1) is 0 Å². The van der Waals surface area contributed by atoms with Gasteiger partial charge in [0.05, 0.1) is 6.10 Å². The Morgan fingerprint density at radius 2 is 2.11 bits per heavy atom. The fourth-order valence-corrected chi connectivity index (χ4v) is 3.02. The third-order valence-corrected chi connectivity index (χ3v) is 4.05. The molecule has 0 bridgehead atoms. The van der Waals surface area contributed by atoms with Crippen LogP contribution in [0.2, 0.25) is 0 Å². The van der Waals surface area contributed by atoms with E-state index in [0.29, 0.717) is 12.1 Å². The van der Waals surface area contributed by atoms with Crippen LogP contribution in [0.5, 0.6) is 0 Å². The van der Waals surface area contributed by atoms with Crippen LogP contribution in [0.3, 0.4) is 0 Å². The second-order valence-corrected chi connectivity index (χ2v) is 5.90. The van der Waals surface area contributed by atoms with Gasteiger partial charge in [0.15, 0.2) is 0 Å². The van der Waals surface area contributed by atoms with Crippen LogP contribution in [0.4, 0.5) is 0 Å². The van der Waals surface area contributed by atoms with Gasteiger partial charge in [0.1, 0.15) is 6.61 Å². The van der Waals surface area contributed by atoms with E-state index in [1.54, 1.807) is 0 Å². The normalized spacial score (nSPS) is 29.4. The number of ether oxygens (including phenoxy) is 1. The molecule has 0 aromatic rings. The van der Waals surface area contributed by atoms with E-state index in [4.69, 9.17) is 4.74 Å². The molecule has 2 saturated heterocycles. The van der Waals surface area contributed by atoms with E-state index in [9.17, 15) is 4.79 Å². The lowest BCUT2D eigenvalue weighted by molar-refractivity contribution is -0.144. The summed E-state index contributed by atoms with van der Waals surface area (Å²) >= 11 is 0. The summed E-state index contributed by atoms with van der Waals surface area (Å²) in [6.07, 6.45) is 3.98. The molecule has 18 heavy (non-hydrogen) atoms. The summed E-state index contributed by atoms with van der Waals surface area (Å²) in [7, 11) is 0. The van der Waals surface area contributed by atoms with Crippen LogP contribution >= 0.6 is 0 Å². The van der Waals surface area contributed by atoms with Gasteiger partial charge in [-0.05, 0) is 40.2 Å². The molecule has 0 N–H and O–H groups in total. The van der Waals surface area contributed by atoms with Gasteiger partial charge in [-0.2, -0.15) is 0 Å². The Labute approximate surface area is 110 Å². The summed E-state index contributed by atoms with van der Waals surface area (Å²) in [6.45, 7) is 9.44. The number of nitrogens with zero attached hydrogens (tertiary/aromatic N) is 2. The quantitative estimate of drug-likeness (QED) is 0.765. The highest BCUT2D eigenvalue weighted by molar-refractivity contribution is 5.78. The molecule has 2 aliphatic heterocycles. The number of fused-ring (bicyclic) bond motifs is 1. The molecule has 0 spiro atoms. The number of hydrogen-bond acceptors (Lipinski definition) is 3. The van der Waals surface area contributed by atoms with E-state index >= 15 is 0 Å². The molecule has 0 saturated carbocycles. The first-order chi connectivity index (χ1) is 8.58. The molecule has 2 fully saturated rings. The highest BCUT2D eigenvalue weighted by Crippen LogP contribution is 2.24. The van der Waals surface area contributed by atoms with Gasteiger partial charge in [-0.3, -0.25) is 9.69 Å². The average Bonchev–Trinajstić information content (AvgIpc) is 2.35. The standard InChI is InChI=1S/C14H26N2O2/c1-11(2)18-10-14(17)16-9-13-6-4-5-7-15(13)8-12(16)3/h11-13H,4-10H2,1-3H3. The third kappa shape index (κ3) is 3.23. The van der Waals surface area contributed by atoms with E-state index < -0.39 is 0 Å². The molecule has 2 unspecified atom stereocenters. The molecule has 0 radical (unpaired) electrons. The molecular weight excluding hydrogens is 228 g/mol. The van der Waals surface area contributed by atoms with Crippen molar-refractivity contribution < 1.29 is 9.53 Å². The highest BCUT2D eigenvalue weighted by Gasteiger charge is 2.34. The Kier molecular flexibility index (Phi) is 4.62. The minimum atomic E-state index is 0.125. The SMILES string of the molecule is CC(C)OCC(=O)N1CC2CCCCN2CC1C. The molecule has 0 aromatic carbocycles. The first-order valence-corrected chi connectivity index (χ1v) is 7.23. The molecule has 2 rings (SSSR count). The van der Waals surface area contributed by atoms with Crippen LogP contribution in [0, 0.1) is 0 Å². The van der Waals surface area contributed by atoms with E-state index in [1.165, 1.54) is 25.8 Å². The number of hydrogen-bond donors (Lipinski definition) is 0. The Hall–Kier alpha value is -0.610. The minimum Gasteiger partial charge on any atom is -0.369 e. The Bertz CT molecular complexity index is 294. The summed E-state index contributed by atoms with van der Waals surface area (Å²) in [6, 6.07) is 0.903. The first-order valence-electron chi connectivity index (χ1n) is 7.23. The molecule has 4 heteroatoms. The molecule has 2 aliphatic rings. The molecule has 2 heterocycles. The highest BCUT2D eigenvalue weighted by atomic mass is 16.5. The monoisotopic (exact) mass is 254 g/mol. The van der Waals surface area contributed by atoms with Gasteiger partial charge in [-0.25, -0.2) is 0 Å². The minimum absolute atomic E-state index is 0.125. The van der Waals surface area contributed by atoms with Crippen molar-refractivity contribution in [1.29, 1.82) is 0 Å². The van der Waals surface area contributed by atoms with E-state index in [-0.39, 0.29) is 18.6 Å². The number of piperidine rings is 1. The Morgan fingerprint density at radius 1 is 1.33 bits per heavy atom. The van der Waals surface area contributed by atoms with Crippen molar-refractivity contribution in [2.75, 3.05) is 26.2 Å². The molecule has 1 amide bonds. The van der Waals surface area contributed by atoms with Gasteiger partial charge < -0.3 is 9.64 Å². The zero-order valence-corrected chi connectivity index (χ0v) is 11.9. The summed E-state index contributed by atoms with van der Waals surface area (Å²) in [4.78, 5) is 16.7. The summed E-state index contributed by atoms with van der Waals surface area (Å²) < 4.78 is 5.44. The van der Waals surface area contributed by atoms with Crippen LogP contribution < -0.4 is 0 Å². The topological polar surface area (TPSA) is 32.8 Å². The number of carbonyl (C=O) groups excluding carboxylic acids is 1. The van der Waals surface area contributed by atoms with Crippen LogP contribution in [0.25, 0.3) is 0 Å². The number of rotatable bonds is 3. The van der Waals surface area contributed by atoms with Gasteiger partial charge in [0, 0.05) is 25.2 Å². The van der Waals surface area contributed by atoms with Gasteiger partial charge in [0.25, 0.3) is 0 Å². The lowest BCUT2D eigenvalue weighted by atomic mass is 9.97. The largest absolute Gasteiger partial charge is 0.369 e. The summed E-state index contributed by atoms with van der Waals surface area (Å²) in [5, 5.41) is 0. The second kappa shape index (κ2) is 6.02. The van der Waals surface area contributed by atoms with Gasteiger partial charge >= 0.3 is 0 Å². The lowest BCUT2D eigenvalue weighted by Crippen LogP contribution is -2.60. The van der Waals surface area contributed by atoms with E-state index in [0.717, 1.165) is 13.1 Å². The van der Waals surface area contributed by atoms with Crippen LogP contribution in [-0.4, -0.2) is 60.1 Å². The molecule has 0 aromatic heterocycles. The van der Waals surface area contributed by atoms with Crippen molar-refractivity contribution in [3.63, 3.8) is 0 Å². The van der Waals surface area contributed by atoms with Crippen LogP contribution in [0.1, 0.15) is 40.0 Å². The predicted octanol–water partition coefficient (Wildman–Crippen LogP) is 1.50. The zero-order chi connectivity index (χ0) is 13.1. The van der Waals surface area contributed by atoms with Crippen molar-refractivity contribution in [2.45, 2.75) is 58.2 Å². The van der Waals surface area contributed by atoms with E-state index in [1.807, 2.05) is 18.7 Å². The third-order valence-electron chi connectivity index (χ3n) is 4.05. The summed E-state index contributed by atoms with van der Waals surface area (Å²) in [5.74, 6) is 0.154. The maximum Gasteiger partial charge on any atom is 0.248 e. The molecule has 0 aliphatic carbocycles. The van der Waals surface area contributed by atoms with Crippen molar-refractivity contribution in [3.05, 3.63) is 0 Å².